The largest absolute Gasteiger partial charge is 0.495 e. The predicted molar refractivity (Wildman–Crippen MR) is 75.0 cm³/mol. The Morgan fingerprint density at radius 2 is 2.16 bits per heavy atom. The molecule has 0 saturated carbocycles. The van der Waals surface area contributed by atoms with E-state index in [4.69, 9.17) is 9.84 Å². The van der Waals surface area contributed by atoms with Gasteiger partial charge in [-0.3, -0.25) is 0 Å². The van der Waals surface area contributed by atoms with E-state index in [1.54, 1.807) is 0 Å². The van der Waals surface area contributed by atoms with E-state index in [0.717, 1.165) is 0 Å². The third kappa shape index (κ3) is 4.63. The van der Waals surface area contributed by atoms with E-state index >= 15 is 0 Å². The van der Waals surface area contributed by atoms with Crippen molar-refractivity contribution in [3.8, 4) is 5.75 Å². The molecule has 0 bridgehead atoms. The lowest BCUT2D eigenvalue weighted by Gasteiger charge is -2.11. The maximum absolute atomic E-state index is 11.6. The number of ether oxygens (including phenoxy) is 1. The van der Waals surface area contributed by atoms with Crippen LogP contribution in [0.1, 0.15) is 10.4 Å². The first kappa shape index (κ1) is 15.0. The number of anilines is 1. The summed E-state index contributed by atoms with van der Waals surface area (Å²) in [5.74, 6) is -0.710. The molecule has 0 heterocycles. The van der Waals surface area contributed by atoms with Crippen molar-refractivity contribution in [3.63, 3.8) is 0 Å². The number of carbonyl (C=O) groups excluding carboxylic acids is 1. The third-order valence-corrected chi connectivity index (χ3v) is 2.42. The summed E-state index contributed by atoms with van der Waals surface area (Å²) in [7, 11) is 1.43. The second-order valence-electron chi connectivity index (χ2n) is 3.55. The normalized spacial score (nSPS) is 9.58. The molecular weight excluding hydrogens is 316 g/mol. The van der Waals surface area contributed by atoms with Gasteiger partial charge in [0.2, 0.25) is 0 Å². The zero-order chi connectivity index (χ0) is 14.4. The fourth-order valence-electron chi connectivity index (χ4n) is 1.28. The van der Waals surface area contributed by atoms with Gasteiger partial charge in [-0.1, -0.05) is 22.5 Å². The van der Waals surface area contributed by atoms with Crippen LogP contribution in [0.3, 0.4) is 0 Å². The van der Waals surface area contributed by atoms with Gasteiger partial charge in [0.05, 0.1) is 24.9 Å². The minimum atomic E-state index is -1.08. The van der Waals surface area contributed by atoms with Crippen LogP contribution >= 0.6 is 15.9 Å². The van der Waals surface area contributed by atoms with E-state index in [1.807, 2.05) is 0 Å². The molecule has 1 rings (SSSR count). The summed E-state index contributed by atoms with van der Waals surface area (Å²) in [4.78, 5) is 22.4. The summed E-state index contributed by atoms with van der Waals surface area (Å²) < 4.78 is 5.66. The summed E-state index contributed by atoms with van der Waals surface area (Å²) in [6.45, 7) is 3.83. The second kappa shape index (κ2) is 6.79. The van der Waals surface area contributed by atoms with Crippen molar-refractivity contribution in [3.05, 3.63) is 34.8 Å². The molecular formula is C12H13BrN2O4. The van der Waals surface area contributed by atoms with Crippen LogP contribution in [0.4, 0.5) is 10.5 Å². The maximum Gasteiger partial charge on any atom is 0.335 e. The molecule has 19 heavy (non-hydrogen) atoms. The van der Waals surface area contributed by atoms with E-state index in [0.29, 0.717) is 10.2 Å². The van der Waals surface area contributed by atoms with Crippen molar-refractivity contribution in [2.24, 2.45) is 0 Å². The van der Waals surface area contributed by atoms with Crippen LogP contribution in [0.2, 0.25) is 0 Å². The highest BCUT2D eigenvalue weighted by Crippen LogP contribution is 2.25. The fourth-order valence-corrected chi connectivity index (χ4v) is 1.42. The molecule has 0 aromatic heterocycles. The standard InChI is InChI=1S/C12H13BrN2O4/c1-7(13)6-14-12(18)15-9-5-8(11(16)17)3-4-10(9)19-2/h3-5H,1,6H2,2H3,(H,16,17)(H2,14,15,18). The Kier molecular flexibility index (Phi) is 5.37. The molecule has 0 atom stereocenters. The van der Waals surface area contributed by atoms with Gasteiger partial charge in [-0.05, 0) is 18.2 Å². The average Bonchev–Trinajstić information content (AvgIpc) is 2.36. The number of amides is 2. The molecule has 0 aliphatic rings. The Bertz CT molecular complexity index is 516. The Morgan fingerprint density at radius 3 is 2.68 bits per heavy atom. The highest BCUT2D eigenvalue weighted by molar-refractivity contribution is 9.11. The van der Waals surface area contributed by atoms with Crippen LogP contribution in [0.15, 0.2) is 29.3 Å². The first-order valence-electron chi connectivity index (χ1n) is 5.23. The molecule has 0 aliphatic heterocycles. The highest BCUT2D eigenvalue weighted by atomic mass is 79.9. The summed E-state index contributed by atoms with van der Waals surface area (Å²) >= 11 is 3.11. The zero-order valence-corrected chi connectivity index (χ0v) is 11.8. The number of hydrogen-bond acceptors (Lipinski definition) is 3. The minimum absolute atomic E-state index is 0.0565. The molecule has 0 aliphatic carbocycles. The molecule has 0 fully saturated rings. The molecule has 1 aromatic carbocycles. The lowest BCUT2D eigenvalue weighted by molar-refractivity contribution is 0.0697. The van der Waals surface area contributed by atoms with Gasteiger partial charge in [-0.15, -0.1) is 0 Å². The molecule has 2 amide bonds. The van der Waals surface area contributed by atoms with Crippen LogP contribution in [0, 0.1) is 0 Å². The smallest absolute Gasteiger partial charge is 0.335 e. The molecule has 0 radical (unpaired) electrons. The average molecular weight is 329 g/mol. The number of hydrogen-bond donors (Lipinski definition) is 3. The van der Waals surface area contributed by atoms with Crippen molar-refractivity contribution in [2.75, 3.05) is 19.0 Å². The Morgan fingerprint density at radius 1 is 1.47 bits per heavy atom. The second-order valence-corrected chi connectivity index (χ2v) is 4.67. The van der Waals surface area contributed by atoms with E-state index in [9.17, 15) is 9.59 Å². The summed E-state index contributed by atoms with van der Waals surface area (Å²) in [5, 5.41) is 13.9. The van der Waals surface area contributed by atoms with Crippen LogP contribution in [-0.4, -0.2) is 30.8 Å². The molecule has 6 nitrogen and oxygen atoms in total. The van der Waals surface area contributed by atoms with Crippen LogP contribution in [0.25, 0.3) is 0 Å². The molecule has 7 heteroatoms. The third-order valence-electron chi connectivity index (χ3n) is 2.14. The van der Waals surface area contributed by atoms with Gasteiger partial charge in [0.15, 0.2) is 0 Å². The molecule has 0 saturated heterocycles. The zero-order valence-electron chi connectivity index (χ0n) is 10.2. The van der Waals surface area contributed by atoms with Gasteiger partial charge in [0.25, 0.3) is 0 Å². The predicted octanol–water partition coefficient (Wildman–Crippen LogP) is 2.42. The van der Waals surface area contributed by atoms with Crippen LogP contribution in [-0.2, 0) is 0 Å². The lowest BCUT2D eigenvalue weighted by Crippen LogP contribution is -2.29. The van der Waals surface area contributed by atoms with Crippen LogP contribution < -0.4 is 15.4 Å². The number of carboxylic acid groups (broad SMARTS) is 1. The monoisotopic (exact) mass is 328 g/mol. The van der Waals surface area contributed by atoms with Crippen LogP contribution in [0.5, 0.6) is 5.75 Å². The molecule has 0 unspecified atom stereocenters. The van der Waals surface area contributed by atoms with Gasteiger partial charge in [0.1, 0.15) is 5.75 Å². The Balaban J connectivity index is 2.85. The van der Waals surface area contributed by atoms with Crippen molar-refractivity contribution in [1.29, 1.82) is 0 Å². The van der Waals surface area contributed by atoms with E-state index < -0.39 is 12.0 Å². The van der Waals surface area contributed by atoms with Crippen molar-refractivity contribution < 1.29 is 19.4 Å². The van der Waals surface area contributed by atoms with Crippen molar-refractivity contribution in [2.45, 2.75) is 0 Å². The quantitative estimate of drug-likeness (QED) is 0.774. The topological polar surface area (TPSA) is 87.7 Å². The summed E-state index contributed by atoms with van der Waals surface area (Å²) in [6, 6.07) is 3.71. The molecule has 0 spiro atoms. The minimum Gasteiger partial charge on any atom is -0.495 e. The number of methoxy groups -OCH3 is 1. The van der Waals surface area contributed by atoms with Crippen molar-refractivity contribution in [1.82, 2.24) is 5.32 Å². The van der Waals surface area contributed by atoms with Crippen molar-refractivity contribution >= 4 is 33.6 Å². The SMILES string of the molecule is C=C(Br)CNC(=O)Nc1cc(C(=O)O)ccc1OC. The van der Waals surface area contributed by atoms with Gasteiger partial charge < -0.3 is 20.5 Å². The maximum atomic E-state index is 11.6. The number of halogens is 1. The van der Waals surface area contributed by atoms with E-state index in [2.05, 4.69) is 33.1 Å². The number of aromatic carboxylic acids is 1. The number of carboxylic acids is 1. The number of rotatable bonds is 5. The highest BCUT2D eigenvalue weighted by Gasteiger charge is 2.11. The van der Waals surface area contributed by atoms with E-state index in [1.165, 1.54) is 25.3 Å². The number of carbonyl (C=O) groups is 2. The lowest BCUT2D eigenvalue weighted by atomic mass is 10.2. The first-order chi connectivity index (χ1) is 8.93. The van der Waals surface area contributed by atoms with Gasteiger partial charge in [-0.25, -0.2) is 9.59 Å². The first-order valence-corrected chi connectivity index (χ1v) is 6.02. The summed E-state index contributed by atoms with van der Waals surface area (Å²) in [5.41, 5.74) is 0.334. The number of urea groups is 1. The van der Waals surface area contributed by atoms with Gasteiger partial charge in [-0.2, -0.15) is 0 Å². The summed E-state index contributed by atoms with van der Waals surface area (Å²) in [6.07, 6.45) is 0. The number of benzene rings is 1. The number of nitrogens with one attached hydrogen (secondary N) is 2. The Hall–Kier alpha value is -2.02. The van der Waals surface area contributed by atoms with E-state index in [-0.39, 0.29) is 17.8 Å². The molecule has 102 valence electrons. The van der Waals surface area contributed by atoms with Gasteiger partial charge >= 0.3 is 12.0 Å². The van der Waals surface area contributed by atoms with Gasteiger partial charge in [0, 0.05) is 4.48 Å². The molecule has 3 N–H and O–H groups in total. The molecule has 1 aromatic rings. The fraction of sp³-hybridized carbons (Fsp3) is 0.167. The Labute approximate surface area is 118 Å².